The Labute approximate surface area is 184 Å². The molecule has 0 aliphatic heterocycles. The number of halogens is 6. The van der Waals surface area contributed by atoms with Crippen LogP contribution in [-0.2, 0) is 33.8 Å². The molecule has 180 valence electrons. The predicted octanol–water partition coefficient (Wildman–Crippen LogP) is 4.09. The molecule has 0 spiro atoms. The van der Waals surface area contributed by atoms with Gasteiger partial charge < -0.3 is 10.0 Å². The Hall–Kier alpha value is -2.96. The maximum atomic E-state index is 12.9. The number of nitrogens with zero attached hydrogens (tertiary/aromatic N) is 1. The molecule has 2 aromatic rings. The average molecular weight is 496 g/mol. The van der Waals surface area contributed by atoms with E-state index < -0.39 is 39.9 Å². The van der Waals surface area contributed by atoms with Crippen LogP contribution in [0.2, 0.25) is 0 Å². The molecule has 2 aromatic carbocycles. The lowest BCUT2D eigenvalue weighted by molar-refractivity contribution is -0.186. The first-order valence-electron chi connectivity index (χ1n) is 9.49. The van der Waals surface area contributed by atoms with Gasteiger partial charge in [0.05, 0.1) is 10.5 Å². The molecule has 0 heterocycles. The molecule has 0 radical (unpaired) electrons. The van der Waals surface area contributed by atoms with Gasteiger partial charge in [-0.15, -0.1) is 0 Å². The number of anilines is 1. The van der Waals surface area contributed by atoms with Gasteiger partial charge in [-0.2, -0.15) is 26.3 Å². The van der Waals surface area contributed by atoms with Crippen molar-refractivity contribution < 1.29 is 44.7 Å². The zero-order chi connectivity index (χ0) is 24.8. The lowest BCUT2D eigenvalue weighted by atomic mass is 9.87. The highest BCUT2D eigenvalue weighted by molar-refractivity contribution is 7.92. The van der Waals surface area contributed by atoms with E-state index in [1.807, 2.05) is 0 Å². The van der Waals surface area contributed by atoms with Gasteiger partial charge in [-0.1, -0.05) is 0 Å². The van der Waals surface area contributed by atoms with E-state index in [-0.39, 0.29) is 46.7 Å². The highest BCUT2D eigenvalue weighted by Gasteiger charge is 2.44. The molecule has 1 unspecified atom stereocenters. The third-order valence-corrected chi connectivity index (χ3v) is 6.86. The molecule has 1 aliphatic carbocycles. The number of hydrogen-bond donors (Lipinski definition) is 2. The van der Waals surface area contributed by atoms with Gasteiger partial charge in [-0.3, -0.25) is 9.52 Å². The fourth-order valence-electron chi connectivity index (χ4n) is 3.70. The number of carbonyl (C=O) groups is 1. The summed E-state index contributed by atoms with van der Waals surface area (Å²) >= 11 is 0. The molecule has 0 saturated carbocycles. The van der Waals surface area contributed by atoms with Crippen molar-refractivity contribution in [3.8, 4) is 5.75 Å². The summed E-state index contributed by atoms with van der Waals surface area (Å²) in [5.74, 6) is -2.39. The number of phenols is 1. The van der Waals surface area contributed by atoms with Gasteiger partial charge in [0.2, 0.25) is 0 Å². The number of alkyl halides is 6. The van der Waals surface area contributed by atoms with Crippen molar-refractivity contribution in [1.29, 1.82) is 0 Å². The maximum Gasteiger partial charge on any atom is 0.471 e. The van der Waals surface area contributed by atoms with Crippen molar-refractivity contribution in [3.05, 3.63) is 53.1 Å². The number of likely N-dealkylation sites (N-methyl/N-ethyl adjacent to an activating group) is 1. The van der Waals surface area contributed by atoms with Crippen molar-refractivity contribution in [1.82, 2.24) is 4.90 Å². The third-order valence-electron chi connectivity index (χ3n) is 5.40. The zero-order valence-corrected chi connectivity index (χ0v) is 17.8. The van der Waals surface area contributed by atoms with E-state index in [1.165, 1.54) is 0 Å². The summed E-state index contributed by atoms with van der Waals surface area (Å²) in [7, 11) is -3.32. The fraction of sp³-hybridized carbons (Fsp3) is 0.350. The van der Waals surface area contributed by atoms with Gasteiger partial charge in [0.15, 0.2) is 0 Å². The minimum Gasteiger partial charge on any atom is -0.508 e. The van der Waals surface area contributed by atoms with Crippen LogP contribution in [-0.4, -0.2) is 43.6 Å². The second kappa shape index (κ2) is 8.43. The Bertz CT molecular complexity index is 1160. The van der Waals surface area contributed by atoms with Gasteiger partial charge in [0, 0.05) is 24.3 Å². The van der Waals surface area contributed by atoms with Crippen molar-refractivity contribution >= 4 is 21.6 Å². The minimum atomic E-state index is -5.08. The number of hydrogen-bond acceptors (Lipinski definition) is 4. The minimum absolute atomic E-state index is 0.0115. The van der Waals surface area contributed by atoms with Gasteiger partial charge in [0.25, 0.3) is 10.0 Å². The number of fused-ring (bicyclic) bond motifs is 1. The van der Waals surface area contributed by atoms with E-state index >= 15 is 0 Å². The third kappa shape index (κ3) is 5.18. The first kappa shape index (κ1) is 24.7. The normalized spacial score (nSPS) is 16.8. The Morgan fingerprint density at radius 2 is 1.64 bits per heavy atom. The molecule has 6 nitrogen and oxygen atoms in total. The van der Waals surface area contributed by atoms with Crippen molar-refractivity contribution in [3.63, 3.8) is 0 Å². The van der Waals surface area contributed by atoms with Crippen LogP contribution in [0.4, 0.5) is 32.0 Å². The molecule has 0 saturated heterocycles. The molecule has 33 heavy (non-hydrogen) atoms. The van der Waals surface area contributed by atoms with Crippen molar-refractivity contribution in [2.45, 2.75) is 42.6 Å². The Morgan fingerprint density at radius 1 is 1.03 bits per heavy atom. The van der Waals surface area contributed by atoms with E-state index in [0.29, 0.717) is 17.0 Å². The highest BCUT2D eigenvalue weighted by atomic mass is 32.2. The second-order valence-electron chi connectivity index (χ2n) is 7.53. The Balaban J connectivity index is 1.89. The Kier molecular flexibility index (Phi) is 6.30. The van der Waals surface area contributed by atoms with Crippen LogP contribution in [0.25, 0.3) is 0 Å². The van der Waals surface area contributed by atoms with E-state index in [0.717, 1.165) is 31.3 Å². The van der Waals surface area contributed by atoms with Crippen LogP contribution in [0.15, 0.2) is 41.3 Å². The van der Waals surface area contributed by atoms with E-state index in [2.05, 4.69) is 4.72 Å². The number of sulfonamides is 1. The summed E-state index contributed by atoms with van der Waals surface area (Å²) in [6.07, 6.45) is -9.91. The van der Waals surface area contributed by atoms with Crippen LogP contribution >= 0.6 is 0 Å². The van der Waals surface area contributed by atoms with Crippen LogP contribution in [0.1, 0.15) is 23.1 Å². The first-order chi connectivity index (χ1) is 15.1. The number of benzene rings is 2. The number of phenolic OH excluding ortho intramolecular Hbond substituents is 1. The monoisotopic (exact) mass is 496 g/mol. The van der Waals surface area contributed by atoms with Crippen molar-refractivity contribution in [2.24, 2.45) is 0 Å². The van der Waals surface area contributed by atoms with Crippen LogP contribution in [0.5, 0.6) is 5.75 Å². The lowest BCUT2D eigenvalue weighted by Crippen LogP contribution is -2.46. The van der Waals surface area contributed by atoms with E-state index in [1.54, 1.807) is 0 Å². The second-order valence-corrected chi connectivity index (χ2v) is 9.18. The fourth-order valence-corrected chi connectivity index (χ4v) is 5.05. The molecular formula is C20H18F6N2O4S. The number of nitrogens with one attached hydrogen (secondary N) is 1. The molecule has 1 amide bonds. The zero-order valence-electron chi connectivity index (χ0n) is 17.0. The van der Waals surface area contributed by atoms with Gasteiger partial charge >= 0.3 is 18.3 Å². The quantitative estimate of drug-likeness (QED) is 0.625. The Morgan fingerprint density at radius 3 is 2.18 bits per heavy atom. The van der Waals surface area contributed by atoms with Crippen molar-refractivity contribution in [2.75, 3.05) is 11.8 Å². The smallest absolute Gasteiger partial charge is 0.471 e. The van der Waals surface area contributed by atoms with Crippen LogP contribution in [0, 0.1) is 0 Å². The summed E-state index contributed by atoms with van der Waals surface area (Å²) in [6.45, 7) is 0. The summed E-state index contributed by atoms with van der Waals surface area (Å²) in [6, 6.07) is 4.56. The molecule has 2 N–H and O–H groups in total. The van der Waals surface area contributed by atoms with E-state index in [4.69, 9.17) is 0 Å². The largest absolute Gasteiger partial charge is 0.508 e. The molecule has 0 bridgehead atoms. The van der Waals surface area contributed by atoms with Gasteiger partial charge in [-0.05, 0) is 61.2 Å². The molecular weight excluding hydrogens is 478 g/mol. The molecule has 3 rings (SSSR count). The molecule has 1 atom stereocenters. The number of rotatable bonds is 4. The van der Waals surface area contributed by atoms with Crippen LogP contribution < -0.4 is 4.72 Å². The SMILES string of the molecule is CN(C(=O)C(F)(F)F)C1CCc2c(S(=O)(=O)Nc3ccc(C(F)(F)F)cc3)ccc(O)c2C1. The lowest BCUT2D eigenvalue weighted by Gasteiger charge is -2.33. The summed E-state index contributed by atoms with van der Waals surface area (Å²) in [5.41, 5.74) is -0.841. The topological polar surface area (TPSA) is 86.7 Å². The standard InChI is InChI=1S/C20H18F6N2O4S/c1-28(18(30)20(24,25)26)13-6-7-14-15(10-13)16(29)8-9-17(14)33(31,32)27-12-4-2-11(3-5-12)19(21,22)23/h2-5,8-9,13,27,29H,6-7,10H2,1H3. The van der Waals surface area contributed by atoms with Gasteiger partial charge in [-0.25, -0.2) is 8.42 Å². The number of aromatic hydroxyl groups is 1. The molecule has 1 aliphatic rings. The predicted molar refractivity (Wildman–Crippen MR) is 105 cm³/mol. The van der Waals surface area contributed by atoms with Gasteiger partial charge in [0.1, 0.15) is 5.75 Å². The number of amides is 1. The first-order valence-corrected chi connectivity index (χ1v) is 11.0. The summed E-state index contributed by atoms with van der Waals surface area (Å²) in [5, 5.41) is 10.2. The number of carbonyl (C=O) groups excluding carboxylic acids is 1. The highest BCUT2D eigenvalue weighted by Crippen LogP contribution is 2.37. The summed E-state index contributed by atoms with van der Waals surface area (Å²) in [4.78, 5) is 11.8. The molecule has 13 heteroatoms. The summed E-state index contributed by atoms with van der Waals surface area (Å²) < 4.78 is 104. The maximum absolute atomic E-state index is 12.9. The molecule has 0 fully saturated rings. The average Bonchev–Trinajstić information content (AvgIpc) is 2.71. The van der Waals surface area contributed by atoms with E-state index in [9.17, 15) is 44.7 Å². The van der Waals surface area contributed by atoms with Crippen LogP contribution in [0.3, 0.4) is 0 Å². The molecule has 0 aromatic heterocycles.